The third kappa shape index (κ3) is 4.29. The molecule has 1 saturated heterocycles. The van der Waals surface area contributed by atoms with Gasteiger partial charge in [0.25, 0.3) is 0 Å². The van der Waals surface area contributed by atoms with Gasteiger partial charge in [-0.1, -0.05) is 13.8 Å². The van der Waals surface area contributed by atoms with Crippen molar-refractivity contribution in [2.75, 3.05) is 37.8 Å². The summed E-state index contributed by atoms with van der Waals surface area (Å²) in [6.45, 7) is 5.84. The molecule has 180 valence electrons. The van der Waals surface area contributed by atoms with E-state index in [-0.39, 0.29) is 35.1 Å². The number of pyridine rings is 1. The Morgan fingerprint density at radius 3 is 2.42 bits per heavy atom. The van der Waals surface area contributed by atoms with Gasteiger partial charge in [-0.15, -0.1) is 0 Å². The number of nitrogens with zero attached hydrogens (tertiary/aromatic N) is 3. The van der Waals surface area contributed by atoms with E-state index in [0.717, 1.165) is 12.8 Å². The predicted octanol–water partition coefficient (Wildman–Crippen LogP) is 4.87. The number of Topliss-reactive ketones (excluding diaryl/α,β-unsaturated/α-hetero) is 1. The van der Waals surface area contributed by atoms with Gasteiger partial charge in [0.05, 0.1) is 23.4 Å². The van der Waals surface area contributed by atoms with Crippen LogP contribution in [-0.2, 0) is 0 Å². The second-order valence-electron chi connectivity index (χ2n) is 9.43. The third-order valence-corrected chi connectivity index (χ3v) is 7.38. The molecule has 33 heavy (non-hydrogen) atoms. The van der Waals surface area contributed by atoms with E-state index in [1.165, 1.54) is 13.0 Å². The number of hydrogen-bond donors (Lipinski definition) is 0. The number of piperazine rings is 1. The van der Waals surface area contributed by atoms with E-state index in [4.69, 9.17) is 0 Å². The standard InChI is InChI=1S/C25H32F3N3O2/c1-4-16(2)25(28,7-8-26)30-11-9-29(10-12-30)23-14-22-19(13-21(23)27)24(33)20(17(3)32)15-31(22)18-5-6-18/h13-16,18H,4-12H2,1-3H3. The molecule has 0 amide bonds. The molecule has 0 spiro atoms. The van der Waals surface area contributed by atoms with E-state index in [9.17, 15) is 14.0 Å². The highest BCUT2D eigenvalue weighted by Gasteiger charge is 2.42. The molecular formula is C25H32F3N3O2. The van der Waals surface area contributed by atoms with Gasteiger partial charge in [0.2, 0.25) is 0 Å². The second kappa shape index (κ2) is 9.12. The first-order valence-electron chi connectivity index (χ1n) is 11.9. The van der Waals surface area contributed by atoms with Gasteiger partial charge in [-0.2, -0.15) is 0 Å². The Hall–Kier alpha value is -2.35. The molecule has 4 rings (SSSR count). The molecule has 1 saturated carbocycles. The summed E-state index contributed by atoms with van der Waals surface area (Å²) in [5.74, 6) is -2.89. The highest BCUT2D eigenvalue weighted by Crippen LogP contribution is 2.39. The second-order valence-corrected chi connectivity index (χ2v) is 9.43. The number of carbonyl (C=O) groups is 1. The van der Waals surface area contributed by atoms with Crippen molar-refractivity contribution in [1.82, 2.24) is 9.47 Å². The van der Waals surface area contributed by atoms with Crippen LogP contribution < -0.4 is 10.3 Å². The van der Waals surface area contributed by atoms with Crippen LogP contribution in [0.4, 0.5) is 18.9 Å². The summed E-state index contributed by atoms with van der Waals surface area (Å²) in [5.41, 5.74) is 0.604. The molecule has 0 radical (unpaired) electrons. The van der Waals surface area contributed by atoms with Gasteiger partial charge in [-0.25, -0.2) is 8.78 Å². The topological polar surface area (TPSA) is 45.6 Å². The monoisotopic (exact) mass is 463 g/mol. The van der Waals surface area contributed by atoms with Crippen molar-refractivity contribution in [2.45, 2.75) is 58.3 Å². The lowest BCUT2D eigenvalue weighted by Gasteiger charge is -2.46. The van der Waals surface area contributed by atoms with Gasteiger partial charge in [0.1, 0.15) is 5.82 Å². The van der Waals surface area contributed by atoms with E-state index in [2.05, 4.69) is 0 Å². The molecule has 2 fully saturated rings. The maximum atomic E-state index is 15.7. The van der Waals surface area contributed by atoms with Crippen molar-refractivity contribution in [1.29, 1.82) is 0 Å². The van der Waals surface area contributed by atoms with Gasteiger partial charge in [0, 0.05) is 56.1 Å². The normalized spacial score (nSPS) is 20.1. The quantitative estimate of drug-likeness (QED) is 0.414. The number of fused-ring (bicyclic) bond motifs is 1. The molecule has 1 aromatic heterocycles. The molecule has 2 aliphatic rings. The maximum Gasteiger partial charge on any atom is 0.200 e. The number of rotatable bonds is 8. The molecule has 2 atom stereocenters. The van der Waals surface area contributed by atoms with E-state index < -0.39 is 23.7 Å². The smallest absolute Gasteiger partial charge is 0.200 e. The summed E-state index contributed by atoms with van der Waals surface area (Å²) in [6, 6.07) is 3.11. The number of halogens is 3. The molecule has 0 N–H and O–H groups in total. The van der Waals surface area contributed by atoms with Gasteiger partial charge in [0.15, 0.2) is 17.0 Å². The van der Waals surface area contributed by atoms with Crippen LogP contribution in [0.5, 0.6) is 0 Å². The minimum Gasteiger partial charge on any atom is -0.367 e. The van der Waals surface area contributed by atoms with Crippen LogP contribution >= 0.6 is 0 Å². The molecular weight excluding hydrogens is 431 g/mol. The summed E-state index contributed by atoms with van der Waals surface area (Å²) >= 11 is 0. The molecule has 5 nitrogen and oxygen atoms in total. The van der Waals surface area contributed by atoms with Crippen molar-refractivity contribution < 1.29 is 18.0 Å². The lowest BCUT2D eigenvalue weighted by molar-refractivity contribution is -0.0908. The number of carbonyl (C=O) groups excluding carboxylic acids is 1. The summed E-state index contributed by atoms with van der Waals surface area (Å²) in [6.07, 6.45) is 3.94. The van der Waals surface area contributed by atoms with E-state index in [1.807, 2.05) is 16.4 Å². The summed E-state index contributed by atoms with van der Waals surface area (Å²) in [5, 5.41) is 0.206. The molecule has 2 aromatic rings. The van der Waals surface area contributed by atoms with E-state index in [1.54, 1.807) is 24.1 Å². The predicted molar refractivity (Wildman–Crippen MR) is 124 cm³/mol. The number of alkyl halides is 2. The van der Waals surface area contributed by atoms with Crippen molar-refractivity contribution in [3.63, 3.8) is 0 Å². The fourth-order valence-corrected chi connectivity index (χ4v) is 4.99. The van der Waals surface area contributed by atoms with Gasteiger partial charge < -0.3 is 9.47 Å². The average molecular weight is 464 g/mol. The summed E-state index contributed by atoms with van der Waals surface area (Å²) < 4.78 is 45.9. The average Bonchev–Trinajstić information content (AvgIpc) is 3.64. The first-order valence-corrected chi connectivity index (χ1v) is 11.9. The Labute approximate surface area is 192 Å². The first-order chi connectivity index (χ1) is 15.7. The number of aromatic nitrogens is 1. The van der Waals surface area contributed by atoms with Crippen LogP contribution in [0.3, 0.4) is 0 Å². The summed E-state index contributed by atoms with van der Waals surface area (Å²) in [7, 11) is 0. The lowest BCUT2D eigenvalue weighted by Crippen LogP contribution is -2.58. The van der Waals surface area contributed by atoms with Crippen molar-refractivity contribution >= 4 is 22.4 Å². The number of benzene rings is 1. The number of hydrogen-bond acceptors (Lipinski definition) is 4. The maximum absolute atomic E-state index is 15.7. The Bertz CT molecular complexity index is 1110. The molecule has 2 unspecified atom stereocenters. The Morgan fingerprint density at radius 1 is 1.21 bits per heavy atom. The Balaban J connectivity index is 1.66. The summed E-state index contributed by atoms with van der Waals surface area (Å²) in [4.78, 5) is 28.3. The fourth-order valence-electron chi connectivity index (χ4n) is 4.99. The van der Waals surface area contributed by atoms with Crippen LogP contribution in [0.2, 0.25) is 0 Å². The van der Waals surface area contributed by atoms with Crippen LogP contribution in [0.25, 0.3) is 10.9 Å². The van der Waals surface area contributed by atoms with Gasteiger partial charge in [-0.05, 0) is 38.3 Å². The van der Waals surface area contributed by atoms with E-state index in [0.29, 0.717) is 43.8 Å². The van der Waals surface area contributed by atoms with Crippen LogP contribution in [0.15, 0.2) is 23.1 Å². The highest BCUT2D eigenvalue weighted by molar-refractivity contribution is 5.97. The van der Waals surface area contributed by atoms with Gasteiger partial charge in [-0.3, -0.25) is 18.9 Å². The molecule has 2 heterocycles. The molecule has 0 bridgehead atoms. The zero-order valence-corrected chi connectivity index (χ0v) is 19.5. The number of anilines is 1. The van der Waals surface area contributed by atoms with Crippen molar-refractivity contribution in [2.24, 2.45) is 5.92 Å². The number of ketones is 1. The minimum atomic E-state index is -1.72. The third-order valence-electron chi connectivity index (χ3n) is 7.38. The van der Waals surface area contributed by atoms with Crippen molar-refractivity contribution in [3.05, 3.63) is 39.9 Å². The van der Waals surface area contributed by atoms with Crippen molar-refractivity contribution in [3.8, 4) is 0 Å². The molecule has 1 aliphatic heterocycles. The fraction of sp³-hybridized carbons (Fsp3) is 0.600. The Kier molecular flexibility index (Phi) is 6.58. The highest BCUT2D eigenvalue weighted by atomic mass is 19.2. The molecule has 1 aromatic carbocycles. The van der Waals surface area contributed by atoms with Crippen LogP contribution in [-0.4, -0.2) is 53.9 Å². The minimum absolute atomic E-state index is 0.0763. The van der Waals surface area contributed by atoms with Crippen LogP contribution in [0, 0.1) is 11.7 Å². The zero-order chi connectivity index (χ0) is 23.9. The molecule has 8 heteroatoms. The molecule has 1 aliphatic carbocycles. The first kappa shape index (κ1) is 23.8. The van der Waals surface area contributed by atoms with Crippen LogP contribution in [0.1, 0.15) is 62.9 Å². The SMILES string of the molecule is CCC(C)C(F)(CCF)N1CCN(c2cc3c(cc2F)c(=O)c(C(C)=O)cn3C2CC2)CC1. The zero-order valence-electron chi connectivity index (χ0n) is 19.5. The lowest BCUT2D eigenvalue weighted by atomic mass is 9.91. The van der Waals surface area contributed by atoms with E-state index >= 15 is 8.78 Å². The van der Waals surface area contributed by atoms with Gasteiger partial charge >= 0.3 is 0 Å². The Morgan fingerprint density at radius 2 is 1.88 bits per heavy atom. The largest absolute Gasteiger partial charge is 0.367 e.